The van der Waals surface area contributed by atoms with Crippen LogP contribution in [0.4, 0.5) is 5.69 Å². The fourth-order valence-corrected chi connectivity index (χ4v) is 1.36. The standard InChI is InChI=1S/C10H8N2O4/c1-15-10(14)9-8(12-5-13)7-6(16-9)3-2-4-11-7/h2-5H,1H3,(H,12,13). The average molecular weight is 220 g/mol. The Balaban J connectivity index is 2.67. The molecule has 0 aliphatic rings. The number of ether oxygens (including phenoxy) is 1. The van der Waals surface area contributed by atoms with E-state index in [-0.39, 0.29) is 11.4 Å². The monoisotopic (exact) mass is 220 g/mol. The molecule has 2 aromatic heterocycles. The summed E-state index contributed by atoms with van der Waals surface area (Å²) in [6, 6.07) is 3.31. The second-order valence-corrected chi connectivity index (χ2v) is 2.91. The van der Waals surface area contributed by atoms with Crippen LogP contribution in [0.15, 0.2) is 22.7 Å². The zero-order valence-electron chi connectivity index (χ0n) is 8.39. The van der Waals surface area contributed by atoms with Gasteiger partial charge in [0.05, 0.1) is 7.11 Å². The number of fused-ring (bicyclic) bond motifs is 1. The summed E-state index contributed by atoms with van der Waals surface area (Å²) in [5.41, 5.74) is 1.04. The molecule has 6 nitrogen and oxygen atoms in total. The Bertz CT molecular complexity index is 547. The maximum atomic E-state index is 11.4. The van der Waals surface area contributed by atoms with Crippen LogP contribution in [0.1, 0.15) is 10.6 Å². The molecule has 0 aliphatic heterocycles. The molecule has 0 unspecified atom stereocenters. The number of hydrogen-bond donors (Lipinski definition) is 1. The molecule has 0 fully saturated rings. The maximum absolute atomic E-state index is 11.4. The summed E-state index contributed by atoms with van der Waals surface area (Å²) in [6.45, 7) is 0. The van der Waals surface area contributed by atoms with E-state index in [9.17, 15) is 9.59 Å². The van der Waals surface area contributed by atoms with Gasteiger partial charge >= 0.3 is 5.97 Å². The van der Waals surface area contributed by atoms with Gasteiger partial charge in [-0.15, -0.1) is 0 Å². The van der Waals surface area contributed by atoms with E-state index in [4.69, 9.17) is 4.42 Å². The predicted molar refractivity (Wildman–Crippen MR) is 55.0 cm³/mol. The predicted octanol–water partition coefficient (Wildman–Crippen LogP) is 1.18. The summed E-state index contributed by atoms with van der Waals surface area (Å²) < 4.78 is 9.78. The molecular weight excluding hydrogens is 212 g/mol. The Morgan fingerprint density at radius 2 is 2.44 bits per heavy atom. The highest BCUT2D eigenvalue weighted by molar-refractivity contribution is 6.05. The number of carbonyl (C=O) groups is 2. The van der Waals surface area contributed by atoms with Crippen LogP contribution in [0.3, 0.4) is 0 Å². The summed E-state index contributed by atoms with van der Waals surface area (Å²) in [5, 5.41) is 2.38. The lowest BCUT2D eigenvalue weighted by molar-refractivity contribution is -0.105. The number of furan rings is 1. The Morgan fingerprint density at radius 1 is 1.62 bits per heavy atom. The number of aromatic nitrogens is 1. The van der Waals surface area contributed by atoms with Gasteiger partial charge in [0, 0.05) is 6.20 Å². The van der Waals surface area contributed by atoms with E-state index in [1.807, 2.05) is 0 Å². The van der Waals surface area contributed by atoms with Crippen molar-refractivity contribution >= 4 is 29.2 Å². The zero-order valence-corrected chi connectivity index (χ0v) is 8.39. The van der Waals surface area contributed by atoms with Crippen LogP contribution in [0.25, 0.3) is 11.1 Å². The van der Waals surface area contributed by atoms with E-state index in [1.165, 1.54) is 13.3 Å². The first-order valence-corrected chi connectivity index (χ1v) is 4.44. The van der Waals surface area contributed by atoms with Crippen LogP contribution in [0.5, 0.6) is 0 Å². The first kappa shape index (κ1) is 10.2. The van der Waals surface area contributed by atoms with Gasteiger partial charge in [-0.3, -0.25) is 9.78 Å². The number of anilines is 1. The van der Waals surface area contributed by atoms with Crippen molar-refractivity contribution in [2.45, 2.75) is 0 Å². The molecule has 1 amide bonds. The van der Waals surface area contributed by atoms with Crippen molar-refractivity contribution in [3.8, 4) is 0 Å². The fraction of sp³-hybridized carbons (Fsp3) is 0.100. The second kappa shape index (κ2) is 4.01. The Hall–Kier alpha value is -2.37. The van der Waals surface area contributed by atoms with Crippen LogP contribution in [0, 0.1) is 0 Å². The molecule has 2 heterocycles. The summed E-state index contributed by atoms with van der Waals surface area (Å²) in [4.78, 5) is 25.8. The van der Waals surface area contributed by atoms with Gasteiger partial charge in [-0.05, 0) is 12.1 Å². The maximum Gasteiger partial charge on any atom is 0.376 e. The molecule has 0 aliphatic carbocycles. The number of esters is 1. The van der Waals surface area contributed by atoms with Crippen molar-refractivity contribution in [2.75, 3.05) is 12.4 Å². The van der Waals surface area contributed by atoms with Crippen LogP contribution in [-0.4, -0.2) is 24.5 Å². The number of amides is 1. The minimum atomic E-state index is -0.664. The van der Waals surface area contributed by atoms with Crippen molar-refractivity contribution in [1.82, 2.24) is 4.98 Å². The molecule has 0 radical (unpaired) electrons. The third-order valence-corrected chi connectivity index (χ3v) is 2.02. The first-order chi connectivity index (χ1) is 7.77. The lowest BCUT2D eigenvalue weighted by Crippen LogP contribution is -2.04. The van der Waals surface area contributed by atoms with Crippen molar-refractivity contribution in [1.29, 1.82) is 0 Å². The normalized spacial score (nSPS) is 10.1. The van der Waals surface area contributed by atoms with E-state index >= 15 is 0 Å². The summed E-state index contributed by atoms with van der Waals surface area (Å²) >= 11 is 0. The lowest BCUT2D eigenvalue weighted by atomic mass is 10.3. The van der Waals surface area contributed by atoms with Crippen molar-refractivity contribution in [3.05, 3.63) is 24.1 Å². The van der Waals surface area contributed by atoms with Gasteiger partial charge in [0.1, 0.15) is 11.2 Å². The molecule has 0 saturated carbocycles. The quantitative estimate of drug-likeness (QED) is 0.620. The molecule has 16 heavy (non-hydrogen) atoms. The second-order valence-electron chi connectivity index (χ2n) is 2.91. The summed E-state index contributed by atoms with van der Waals surface area (Å²) in [6.07, 6.45) is 1.99. The number of nitrogens with zero attached hydrogens (tertiary/aromatic N) is 1. The van der Waals surface area contributed by atoms with Crippen molar-refractivity contribution in [2.24, 2.45) is 0 Å². The largest absolute Gasteiger partial charge is 0.463 e. The highest BCUT2D eigenvalue weighted by atomic mass is 16.5. The Labute approximate surface area is 90.2 Å². The highest BCUT2D eigenvalue weighted by Gasteiger charge is 2.21. The molecule has 2 aromatic rings. The van der Waals surface area contributed by atoms with E-state index < -0.39 is 5.97 Å². The molecule has 0 atom stereocenters. The highest BCUT2D eigenvalue weighted by Crippen LogP contribution is 2.28. The van der Waals surface area contributed by atoms with Crippen molar-refractivity contribution < 1.29 is 18.7 Å². The minimum Gasteiger partial charge on any atom is -0.463 e. The van der Waals surface area contributed by atoms with Gasteiger partial charge in [0.15, 0.2) is 5.58 Å². The molecule has 2 rings (SSSR count). The average Bonchev–Trinajstić information content (AvgIpc) is 2.68. The Morgan fingerprint density at radius 3 is 3.12 bits per heavy atom. The van der Waals surface area contributed by atoms with Crippen LogP contribution >= 0.6 is 0 Å². The van der Waals surface area contributed by atoms with E-state index in [2.05, 4.69) is 15.0 Å². The van der Waals surface area contributed by atoms with Gasteiger partial charge in [0.2, 0.25) is 12.2 Å². The third kappa shape index (κ3) is 1.50. The molecule has 1 N–H and O–H groups in total. The smallest absolute Gasteiger partial charge is 0.376 e. The van der Waals surface area contributed by atoms with E-state index in [0.717, 1.165) is 0 Å². The molecule has 0 bridgehead atoms. The SMILES string of the molecule is COC(=O)c1oc2cccnc2c1NC=O. The minimum absolute atomic E-state index is 0.0664. The first-order valence-electron chi connectivity index (χ1n) is 4.44. The number of methoxy groups -OCH3 is 1. The molecule has 0 saturated heterocycles. The van der Waals surface area contributed by atoms with E-state index in [1.54, 1.807) is 12.1 Å². The number of nitrogens with one attached hydrogen (secondary N) is 1. The number of carbonyl (C=O) groups excluding carboxylic acids is 2. The molecule has 0 aromatic carbocycles. The summed E-state index contributed by atoms with van der Waals surface area (Å²) in [5.74, 6) is -0.731. The van der Waals surface area contributed by atoms with Gasteiger partial charge in [-0.2, -0.15) is 0 Å². The number of rotatable bonds is 3. The van der Waals surface area contributed by atoms with Crippen molar-refractivity contribution in [3.63, 3.8) is 0 Å². The number of pyridine rings is 1. The zero-order chi connectivity index (χ0) is 11.5. The molecule has 0 spiro atoms. The van der Waals surface area contributed by atoms with Crippen LogP contribution < -0.4 is 5.32 Å². The van der Waals surface area contributed by atoms with Gasteiger partial charge < -0.3 is 14.5 Å². The van der Waals surface area contributed by atoms with Crippen LogP contribution in [-0.2, 0) is 9.53 Å². The topological polar surface area (TPSA) is 81.4 Å². The van der Waals surface area contributed by atoms with Gasteiger partial charge in [-0.1, -0.05) is 0 Å². The molecular formula is C10H8N2O4. The van der Waals surface area contributed by atoms with Crippen LogP contribution in [0.2, 0.25) is 0 Å². The van der Waals surface area contributed by atoms with Gasteiger partial charge in [0.25, 0.3) is 0 Å². The van der Waals surface area contributed by atoms with E-state index in [0.29, 0.717) is 17.5 Å². The van der Waals surface area contributed by atoms with Gasteiger partial charge in [-0.25, -0.2) is 4.79 Å². The molecule has 6 heteroatoms. The number of hydrogen-bond acceptors (Lipinski definition) is 5. The Kier molecular flexibility index (Phi) is 2.55. The molecule has 82 valence electrons. The summed E-state index contributed by atoms with van der Waals surface area (Å²) in [7, 11) is 1.23. The fourth-order valence-electron chi connectivity index (χ4n) is 1.36. The third-order valence-electron chi connectivity index (χ3n) is 2.02. The lowest BCUT2D eigenvalue weighted by Gasteiger charge is -1.97.